The third-order valence-electron chi connectivity index (χ3n) is 3.69. The van der Waals surface area contributed by atoms with E-state index in [0.29, 0.717) is 15.6 Å². The molecule has 1 aromatic carbocycles. The lowest BCUT2D eigenvalue weighted by Crippen LogP contribution is -2.23. The normalized spacial score (nSPS) is 10.6. The van der Waals surface area contributed by atoms with Crippen LogP contribution in [0.3, 0.4) is 0 Å². The van der Waals surface area contributed by atoms with Crippen LogP contribution in [0, 0.1) is 6.92 Å². The van der Waals surface area contributed by atoms with Gasteiger partial charge in [-0.15, -0.1) is 16.4 Å². The van der Waals surface area contributed by atoms with Crippen LogP contribution in [0.15, 0.2) is 44.9 Å². The second kappa shape index (κ2) is 8.85. The molecule has 146 valence electrons. The molecule has 3 aromatic rings. The Kier molecular flexibility index (Phi) is 6.27. The van der Waals surface area contributed by atoms with Crippen molar-refractivity contribution in [2.24, 2.45) is 0 Å². The molecule has 0 fully saturated rings. The first-order chi connectivity index (χ1) is 13.4. The maximum atomic E-state index is 11.9. The van der Waals surface area contributed by atoms with Gasteiger partial charge in [0.1, 0.15) is 0 Å². The number of carbonyl (C=O) groups excluding carboxylic acids is 2. The molecule has 0 atom stereocenters. The number of amides is 1. The smallest absolute Gasteiger partial charge is 0.437 e. The van der Waals surface area contributed by atoms with E-state index in [-0.39, 0.29) is 18.9 Å². The van der Waals surface area contributed by atoms with Gasteiger partial charge in [0, 0.05) is 10.7 Å². The van der Waals surface area contributed by atoms with Crippen LogP contribution in [0.5, 0.6) is 0 Å². The second-order valence-corrected chi connectivity index (χ2v) is 7.15. The minimum absolute atomic E-state index is 0.0122. The number of benzene rings is 1. The van der Waals surface area contributed by atoms with Gasteiger partial charge in [-0.25, -0.2) is 4.79 Å². The van der Waals surface area contributed by atoms with E-state index in [1.165, 1.54) is 11.3 Å². The van der Waals surface area contributed by atoms with Crippen LogP contribution in [-0.2, 0) is 20.9 Å². The minimum atomic E-state index is -0.662. The Labute approximate surface area is 168 Å². The zero-order chi connectivity index (χ0) is 20.1. The zero-order valence-electron chi connectivity index (χ0n) is 14.8. The van der Waals surface area contributed by atoms with Gasteiger partial charge in [0.2, 0.25) is 0 Å². The van der Waals surface area contributed by atoms with Gasteiger partial charge in [-0.2, -0.15) is 4.68 Å². The highest BCUT2D eigenvalue weighted by Gasteiger charge is 2.14. The fourth-order valence-electron chi connectivity index (χ4n) is 2.23. The molecule has 0 aliphatic carbocycles. The summed E-state index contributed by atoms with van der Waals surface area (Å²) in [5.41, 5.74) is 1.39. The van der Waals surface area contributed by atoms with Gasteiger partial charge in [0.25, 0.3) is 11.8 Å². The lowest BCUT2D eigenvalue weighted by atomic mass is 10.2. The fourth-order valence-corrected chi connectivity index (χ4v) is 3.06. The van der Waals surface area contributed by atoms with Gasteiger partial charge >= 0.3 is 11.7 Å². The molecular formula is C18H16ClN3O5S. The summed E-state index contributed by atoms with van der Waals surface area (Å²) in [5, 5.41) is 8.98. The average Bonchev–Trinajstić information content (AvgIpc) is 3.31. The van der Waals surface area contributed by atoms with E-state index in [0.717, 1.165) is 10.2 Å². The molecule has 0 aliphatic rings. The highest BCUT2D eigenvalue weighted by Crippen LogP contribution is 2.21. The summed E-state index contributed by atoms with van der Waals surface area (Å²) in [6, 6.07) is 8.66. The van der Waals surface area contributed by atoms with Crippen LogP contribution < -0.4 is 11.1 Å². The number of ether oxygens (including phenoxy) is 1. The summed E-state index contributed by atoms with van der Waals surface area (Å²) >= 11 is 7.38. The molecule has 0 saturated heterocycles. The first-order valence-electron chi connectivity index (χ1n) is 8.26. The number of carbonyl (C=O) groups is 2. The second-order valence-electron chi connectivity index (χ2n) is 5.80. The molecule has 0 aliphatic heterocycles. The van der Waals surface area contributed by atoms with Crippen LogP contribution in [0.2, 0.25) is 5.02 Å². The highest BCUT2D eigenvalue weighted by molar-refractivity contribution is 7.13. The van der Waals surface area contributed by atoms with Crippen molar-refractivity contribution in [3.63, 3.8) is 0 Å². The molecule has 0 radical (unpaired) electrons. The van der Waals surface area contributed by atoms with E-state index in [9.17, 15) is 14.4 Å². The molecule has 28 heavy (non-hydrogen) atoms. The predicted molar refractivity (Wildman–Crippen MR) is 104 cm³/mol. The highest BCUT2D eigenvalue weighted by atomic mass is 35.5. The van der Waals surface area contributed by atoms with Gasteiger partial charge in [0.15, 0.2) is 6.61 Å². The lowest BCUT2D eigenvalue weighted by molar-refractivity contribution is -0.147. The molecule has 2 heterocycles. The topological polar surface area (TPSA) is 103 Å². The van der Waals surface area contributed by atoms with Crippen molar-refractivity contribution >= 4 is 40.5 Å². The molecule has 1 amide bonds. The number of nitrogens with zero attached hydrogens (tertiary/aromatic N) is 2. The van der Waals surface area contributed by atoms with Crippen LogP contribution in [-0.4, -0.2) is 28.3 Å². The Hall–Kier alpha value is -2.91. The number of esters is 1. The van der Waals surface area contributed by atoms with Crippen molar-refractivity contribution < 1.29 is 18.7 Å². The molecule has 0 bridgehead atoms. The lowest BCUT2D eigenvalue weighted by Gasteiger charge is -2.07. The molecule has 10 heteroatoms. The van der Waals surface area contributed by atoms with Gasteiger partial charge in [-0.05, 0) is 36.1 Å². The molecule has 0 saturated carbocycles. The number of rotatable bonds is 7. The number of thiophene rings is 1. The number of aryl methyl sites for hydroxylation is 2. The van der Waals surface area contributed by atoms with E-state index in [1.807, 2.05) is 18.4 Å². The fraction of sp³-hybridized carbons (Fsp3) is 0.222. The van der Waals surface area contributed by atoms with Crippen molar-refractivity contribution in [2.75, 3.05) is 11.9 Å². The van der Waals surface area contributed by atoms with E-state index < -0.39 is 24.2 Å². The molecule has 8 nitrogen and oxygen atoms in total. The minimum Gasteiger partial charge on any atom is -0.456 e. The third kappa shape index (κ3) is 5.08. The molecule has 3 rings (SSSR count). The van der Waals surface area contributed by atoms with Crippen molar-refractivity contribution in [3.05, 3.63) is 56.8 Å². The first kappa shape index (κ1) is 19.8. The summed E-state index contributed by atoms with van der Waals surface area (Å²) in [4.78, 5) is 36.2. The number of hydrogen-bond acceptors (Lipinski definition) is 7. The third-order valence-corrected chi connectivity index (χ3v) is 4.95. The Balaban J connectivity index is 1.46. The van der Waals surface area contributed by atoms with E-state index >= 15 is 0 Å². The summed E-state index contributed by atoms with van der Waals surface area (Å²) in [5.74, 6) is -1.59. The molecule has 0 unspecified atom stereocenters. The van der Waals surface area contributed by atoms with Crippen molar-refractivity contribution in [2.45, 2.75) is 19.9 Å². The van der Waals surface area contributed by atoms with E-state index in [4.69, 9.17) is 20.8 Å². The van der Waals surface area contributed by atoms with E-state index in [1.54, 1.807) is 24.3 Å². The summed E-state index contributed by atoms with van der Waals surface area (Å²) in [7, 11) is 0. The monoisotopic (exact) mass is 421 g/mol. The Bertz CT molecular complexity index is 1040. The molecule has 0 spiro atoms. The largest absolute Gasteiger partial charge is 0.456 e. The van der Waals surface area contributed by atoms with Crippen LogP contribution in [0.25, 0.3) is 10.8 Å². The maximum absolute atomic E-state index is 11.9. The van der Waals surface area contributed by atoms with Crippen LogP contribution >= 0.6 is 22.9 Å². The average molecular weight is 422 g/mol. The molecular weight excluding hydrogens is 406 g/mol. The van der Waals surface area contributed by atoms with Gasteiger partial charge in [0.05, 0.1) is 17.8 Å². The first-order valence-corrected chi connectivity index (χ1v) is 9.51. The van der Waals surface area contributed by atoms with Crippen LogP contribution in [0.4, 0.5) is 5.69 Å². The predicted octanol–water partition coefficient (Wildman–Crippen LogP) is 3.10. The zero-order valence-corrected chi connectivity index (χ0v) is 16.4. The molecule has 2 aromatic heterocycles. The van der Waals surface area contributed by atoms with Gasteiger partial charge < -0.3 is 14.5 Å². The van der Waals surface area contributed by atoms with Crippen LogP contribution in [0.1, 0.15) is 12.0 Å². The summed E-state index contributed by atoms with van der Waals surface area (Å²) in [6.07, 6.45) is -0.125. The Morgan fingerprint density at radius 2 is 2.18 bits per heavy atom. The Morgan fingerprint density at radius 1 is 1.36 bits per heavy atom. The van der Waals surface area contributed by atoms with Crippen molar-refractivity contribution in [3.8, 4) is 10.8 Å². The Morgan fingerprint density at radius 3 is 2.89 bits per heavy atom. The number of aromatic nitrogens is 2. The standard InChI is InChI=1S/C18H16ClN3O5S/c1-11-4-5-12(9-13(11)19)20-15(23)10-26-16(24)6-7-22-18(25)27-17(21-22)14-3-2-8-28-14/h2-5,8-9H,6-7,10H2,1H3,(H,20,23). The SMILES string of the molecule is Cc1ccc(NC(=O)COC(=O)CCn2nc(-c3cccs3)oc2=O)cc1Cl. The van der Waals surface area contributed by atoms with Crippen molar-refractivity contribution in [1.29, 1.82) is 0 Å². The number of nitrogens with one attached hydrogen (secondary N) is 1. The number of hydrogen-bond donors (Lipinski definition) is 1. The molecule has 1 N–H and O–H groups in total. The summed E-state index contributed by atoms with van der Waals surface area (Å²) < 4.78 is 11.0. The maximum Gasteiger partial charge on any atom is 0.437 e. The van der Waals surface area contributed by atoms with Gasteiger partial charge in [-0.1, -0.05) is 23.7 Å². The van der Waals surface area contributed by atoms with E-state index in [2.05, 4.69) is 10.4 Å². The number of anilines is 1. The quantitative estimate of drug-likeness (QED) is 0.588. The van der Waals surface area contributed by atoms with Gasteiger partial charge in [-0.3, -0.25) is 9.59 Å². The number of halogens is 1. The van der Waals surface area contributed by atoms with Crippen molar-refractivity contribution in [1.82, 2.24) is 9.78 Å². The summed E-state index contributed by atoms with van der Waals surface area (Å²) in [6.45, 7) is 1.39.